The maximum absolute atomic E-state index is 14.7. The molecule has 3 rings (SSSR count). The van der Waals surface area contributed by atoms with Crippen LogP contribution in [0.2, 0.25) is 0 Å². The van der Waals surface area contributed by atoms with Gasteiger partial charge in [-0.15, -0.1) is 0 Å². The SMILES string of the molecule is CC(=O)N(CC1CC1)c1ccc(B2OC(C)(C)C(C)(C)O2)cc1F. The van der Waals surface area contributed by atoms with E-state index in [1.807, 2.05) is 27.7 Å². The highest BCUT2D eigenvalue weighted by Gasteiger charge is 2.51. The second kappa shape index (κ2) is 5.85. The lowest BCUT2D eigenvalue weighted by Gasteiger charge is -2.32. The number of benzene rings is 1. The predicted octanol–water partition coefficient (Wildman–Crippen LogP) is 2.89. The Morgan fingerprint density at radius 2 is 1.83 bits per heavy atom. The predicted molar refractivity (Wildman–Crippen MR) is 92.9 cm³/mol. The summed E-state index contributed by atoms with van der Waals surface area (Å²) in [5, 5.41) is 0. The first kappa shape index (κ1) is 17.4. The average Bonchev–Trinajstić information content (AvgIpc) is 3.24. The Morgan fingerprint density at radius 1 is 1.25 bits per heavy atom. The number of nitrogens with zero attached hydrogens (tertiary/aromatic N) is 1. The van der Waals surface area contributed by atoms with Crippen LogP contribution in [-0.4, -0.2) is 30.8 Å². The Hall–Kier alpha value is -1.40. The lowest BCUT2D eigenvalue weighted by Crippen LogP contribution is -2.41. The molecular weight excluding hydrogens is 308 g/mol. The summed E-state index contributed by atoms with van der Waals surface area (Å²) in [6.07, 6.45) is 2.22. The zero-order chi connectivity index (χ0) is 17.7. The molecule has 1 saturated heterocycles. The van der Waals surface area contributed by atoms with Gasteiger partial charge < -0.3 is 14.2 Å². The van der Waals surface area contributed by atoms with E-state index in [0.29, 0.717) is 23.6 Å². The lowest BCUT2D eigenvalue weighted by atomic mass is 9.79. The zero-order valence-corrected chi connectivity index (χ0v) is 15.1. The summed E-state index contributed by atoms with van der Waals surface area (Å²) in [5.74, 6) is -0.0571. The van der Waals surface area contributed by atoms with Gasteiger partial charge in [0, 0.05) is 13.5 Å². The molecule has 2 fully saturated rings. The normalized spacial score (nSPS) is 21.8. The summed E-state index contributed by atoms with van der Waals surface area (Å²) < 4.78 is 26.6. The fraction of sp³-hybridized carbons (Fsp3) is 0.611. The van der Waals surface area contributed by atoms with Crippen LogP contribution in [0.3, 0.4) is 0 Å². The number of anilines is 1. The van der Waals surface area contributed by atoms with Crippen LogP contribution in [0.15, 0.2) is 18.2 Å². The average molecular weight is 333 g/mol. The molecule has 130 valence electrons. The summed E-state index contributed by atoms with van der Waals surface area (Å²) in [6.45, 7) is 9.91. The van der Waals surface area contributed by atoms with E-state index in [-0.39, 0.29) is 5.91 Å². The quantitative estimate of drug-likeness (QED) is 0.796. The highest BCUT2D eigenvalue weighted by Crippen LogP contribution is 2.37. The highest BCUT2D eigenvalue weighted by atomic mass is 19.1. The van der Waals surface area contributed by atoms with Gasteiger partial charge >= 0.3 is 7.12 Å². The molecule has 24 heavy (non-hydrogen) atoms. The number of rotatable bonds is 4. The third kappa shape index (κ3) is 3.22. The van der Waals surface area contributed by atoms with Gasteiger partial charge in [-0.2, -0.15) is 0 Å². The van der Waals surface area contributed by atoms with Crippen LogP contribution in [0.5, 0.6) is 0 Å². The number of halogens is 1. The van der Waals surface area contributed by atoms with E-state index in [9.17, 15) is 9.18 Å². The Kier molecular flexibility index (Phi) is 4.25. The number of amides is 1. The second-order valence-corrected chi connectivity index (χ2v) is 7.87. The molecule has 0 N–H and O–H groups in total. The van der Waals surface area contributed by atoms with Crippen LogP contribution in [0.25, 0.3) is 0 Å². The second-order valence-electron chi connectivity index (χ2n) is 7.87. The lowest BCUT2D eigenvalue weighted by molar-refractivity contribution is -0.116. The van der Waals surface area contributed by atoms with Crippen molar-refractivity contribution in [2.75, 3.05) is 11.4 Å². The molecule has 2 aliphatic rings. The van der Waals surface area contributed by atoms with Gasteiger partial charge in [-0.25, -0.2) is 4.39 Å². The van der Waals surface area contributed by atoms with E-state index in [1.165, 1.54) is 17.9 Å². The van der Waals surface area contributed by atoms with Crippen LogP contribution in [0.1, 0.15) is 47.5 Å². The fourth-order valence-corrected chi connectivity index (χ4v) is 2.82. The van der Waals surface area contributed by atoms with Crippen molar-refractivity contribution in [1.82, 2.24) is 0 Å². The third-order valence-electron chi connectivity index (χ3n) is 5.31. The molecule has 1 heterocycles. The molecule has 1 amide bonds. The van der Waals surface area contributed by atoms with E-state index in [1.54, 1.807) is 12.1 Å². The van der Waals surface area contributed by atoms with Crippen molar-refractivity contribution in [2.45, 2.75) is 58.7 Å². The minimum Gasteiger partial charge on any atom is -0.399 e. The van der Waals surface area contributed by atoms with Gasteiger partial charge in [0.05, 0.1) is 16.9 Å². The van der Waals surface area contributed by atoms with Gasteiger partial charge in [0.25, 0.3) is 0 Å². The Labute approximate surface area is 143 Å². The van der Waals surface area contributed by atoms with Crippen LogP contribution in [0.4, 0.5) is 10.1 Å². The molecule has 0 bridgehead atoms. The van der Waals surface area contributed by atoms with Gasteiger partial charge in [0.1, 0.15) is 5.82 Å². The van der Waals surface area contributed by atoms with Crippen LogP contribution in [0, 0.1) is 11.7 Å². The van der Waals surface area contributed by atoms with Crippen LogP contribution in [-0.2, 0) is 14.1 Å². The zero-order valence-electron chi connectivity index (χ0n) is 15.1. The first-order valence-electron chi connectivity index (χ1n) is 8.54. The van der Waals surface area contributed by atoms with Gasteiger partial charge in [-0.3, -0.25) is 4.79 Å². The van der Waals surface area contributed by atoms with Crippen molar-refractivity contribution in [3.05, 3.63) is 24.0 Å². The third-order valence-corrected chi connectivity index (χ3v) is 5.31. The molecule has 0 radical (unpaired) electrons. The summed E-state index contributed by atoms with van der Waals surface area (Å²) in [6, 6.07) is 4.85. The summed E-state index contributed by atoms with van der Waals surface area (Å²) >= 11 is 0. The van der Waals surface area contributed by atoms with Gasteiger partial charge in [0.2, 0.25) is 5.91 Å². The molecule has 1 aromatic rings. The van der Waals surface area contributed by atoms with E-state index >= 15 is 0 Å². The molecule has 0 unspecified atom stereocenters. The van der Waals surface area contributed by atoms with Crippen molar-refractivity contribution in [1.29, 1.82) is 0 Å². The van der Waals surface area contributed by atoms with Crippen LogP contribution >= 0.6 is 0 Å². The monoisotopic (exact) mass is 333 g/mol. The number of hydrogen-bond acceptors (Lipinski definition) is 3. The van der Waals surface area contributed by atoms with Crippen molar-refractivity contribution in [3.8, 4) is 0 Å². The Bertz CT molecular complexity index is 642. The molecule has 0 atom stereocenters. The fourth-order valence-electron chi connectivity index (χ4n) is 2.82. The van der Waals surface area contributed by atoms with Crippen molar-refractivity contribution in [3.63, 3.8) is 0 Å². The summed E-state index contributed by atoms with van der Waals surface area (Å²) in [4.78, 5) is 13.4. The molecule has 1 aromatic carbocycles. The smallest absolute Gasteiger partial charge is 0.399 e. The van der Waals surface area contributed by atoms with Crippen molar-refractivity contribution in [2.24, 2.45) is 5.92 Å². The number of hydrogen-bond donors (Lipinski definition) is 0. The summed E-state index contributed by atoms with van der Waals surface area (Å²) in [7, 11) is -0.604. The minimum atomic E-state index is -0.604. The molecule has 4 nitrogen and oxygen atoms in total. The van der Waals surface area contributed by atoms with E-state index < -0.39 is 24.1 Å². The van der Waals surface area contributed by atoms with E-state index in [2.05, 4.69) is 0 Å². The molecule has 6 heteroatoms. The van der Waals surface area contributed by atoms with Gasteiger partial charge in [-0.05, 0) is 64.1 Å². The molecular formula is C18H25BFNO3. The highest BCUT2D eigenvalue weighted by molar-refractivity contribution is 6.62. The largest absolute Gasteiger partial charge is 0.494 e. The molecule has 1 saturated carbocycles. The minimum absolute atomic E-state index is 0.135. The molecule has 0 spiro atoms. The standard InChI is InChI=1S/C18H25BFNO3/c1-12(22)21(11-13-6-7-13)16-9-8-14(10-15(16)20)19-23-17(2,3)18(4,5)24-19/h8-10,13H,6-7,11H2,1-5H3. The molecule has 0 aromatic heterocycles. The van der Waals surface area contributed by atoms with E-state index in [4.69, 9.17) is 9.31 Å². The van der Waals surface area contributed by atoms with Gasteiger partial charge in [0.15, 0.2) is 0 Å². The van der Waals surface area contributed by atoms with Crippen LogP contribution < -0.4 is 10.4 Å². The first-order chi connectivity index (χ1) is 11.1. The van der Waals surface area contributed by atoms with Gasteiger partial charge in [-0.1, -0.05) is 6.07 Å². The maximum Gasteiger partial charge on any atom is 0.494 e. The first-order valence-corrected chi connectivity index (χ1v) is 8.54. The summed E-state index contributed by atoms with van der Waals surface area (Å²) in [5.41, 5.74) is 0.0218. The number of carbonyl (C=O) groups excluding carboxylic acids is 1. The van der Waals surface area contributed by atoms with E-state index in [0.717, 1.165) is 12.8 Å². The molecule has 1 aliphatic carbocycles. The van der Waals surface area contributed by atoms with Crippen molar-refractivity contribution < 1.29 is 18.5 Å². The number of carbonyl (C=O) groups is 1. The molecule has 1 aliphatic heterocycles. The maximum atomic E-state index is 14.7. The van der Waals surface area contributed by atoms with Crippen molar-refractivity contribution >= 4 is 24.2 Å². The Morgan fingerprint density at radius 3 is 2.29 bits per heavy atom. The Balaban J connectivity index is 1.83. The topological polar surface area (TPSA) is 38.8 Å².